The second-order valence-corrected chi connectivity index (χ2v) is 3.54. The van der Waals surface area contributed by atoms with Crippen LogP contribution in [0.2, 0.25) is 0 Å². The van der Waals surface area contributed by atoms with Gasteiger partial charge in [0.2, 0.25) is 0 Å². The minimum absolute atomic E-state index is 0.379. The summed E-state index contributed by atoms with van der Waals surface area (Å²) in [5, 5.41) is 10.1. The number of aryl methyl sites for hydroxylation is 1. The van der Waals surface area contributed by atoms with Gasteiger partial charge >= 0.3 is 0 Å². The van der Waals surface area contributed by atoms with E-state index < -0.39 is 0 Å². The summed E-state index contributed by atoms with van der Waals surface area (Å²) in [7, 11) is 0. The zero-order valence-corrected chi connectivity index (χ0v) is 8.43. The maximum absolute atomic E-state index is 8.79. The highest BCUT2D eigenvalue weighted by Crippen LogP contribution is 2.17. The van der Waals surface area contributed by atoms with E-state index in [9.17, 15) is 0 Å². The fraction of sp³-hybridized carbons (Fsp3) is 0.0909. The monoisotopic (exact) mass is 199 g/mol. The van der Waals surface area contributed by atoms with Gasteiger partial charge in [-0.05, 0) is 25.1 Å². The summed E-state index contributed by atoms with van der Waals surface area (Å²) in [5.74, 6) is 0. The van der Waals surface area contributed by atoms with Gasteiger partial charge in [-0.25, -0.2) is 0 Å². The van der Waals surface area contributed by atoms with Gasteiger partial charge in [-0.2, -0.15) is 5.26 Å². The van der Waals surface area contributed by atoms with Crippen LogP contribution in [0.15, 0.2) is 29.3 Å². The van der Waals surface area contributed by atoms with Gasteiger partial charge in [0.15, 0.2) is 0 Å². The van der Waals surface area contributed by atoms with Crippen LogP contribution >= 0.6 is 0 Å². The topological polar surface area (TPSA) is 36.7 Å². The molecule has 68 valence electrons. The average Bonchev–Trinajstić information content (AvgIpc) is 2.17. The fourth-order valence-corrected chi connectivity index (χ4v) is 1.56. The number of nitriles is 1. The van der Waals surface area contributed by atoms with Gasteiger partial charge in [0, 0.05) is 5.39 Å². The summed E-state index contributed by atoms with van der Waals surface area (Å²) in [4.78, 5) is 4.18. The number of nitrogens with zero attached hydrogens (tertiary/aromatic N) is 2. The van der Waals surface area contributed by atoms with E-state index in [-0.39, 0.29) is 0 Å². The van der Waals surface area contributed by atoms with Crippen molar-refractivity contribution in [3.05, 3.63) is 35.4 Å². The number of pyridine rings is 1. The van der Waals surface area contributed by atoms with Crippen molar-refractivity contribution < 1.29 is 0 Å². The summed E-state index contributed by atoms with van der Waals surface area (Å²) in [6.07, 6.45) is 0. The molecule has 0 fully saturated rings. The van der Waals surface area contributed by atoms with E-state index in [1.165, 1.54) is 0 Å². The molecule has 1 aromatic heterocycles. The maximum atomic E-state index is 8.79. The van der Waals surface area contributed by atoms with Crippen molar-refractivity contribution in [2.75, 3.05) is 0 Å². The van der Waals surface area contributed by atoms with Crippen LogP contribution < -0.4 is 0 Å². The fourth-order valence-electron chi connectivity index (χ4n) is 1.36. The molecular formula is C11H7N2S-. The van der Waals surface area contributed by atoms with Crippen LogP contribution in [0.4, 0.5) is 0 Å². The van der Waals surface area contributed by atoms with Gasteiger partial charge in [-0.3, -0.25) is 4.98 Å². The molecule has 0 atom stereocenters. The second kappa shape index (κ2) is 3.24. The van der Waals surface area contributed by atoms with E-state index in [1.54, 1.807) is 6.07 Å². The number of hydrogen-bond donors (Lipinski definition) is 0. The third kappa shape index (κ3) is 1.40. The summed E-state index contributed by atoms with van der Waals surface area (Å²) < 4.78 is 0. The van der Waals surface area contributed by atoms with E-state index >= 15 is 0 Å². The molecule has 2 nitrogen and oxygen atoms in total. The first-order valence-corrected chi connectivity index (χ1v) is 4.60. The molecule has 0 saturated heterocycles. The smallest absolute Gasteiger partial charge is 0.0991 e. The van der Waals surface area contributed by atoms with Crippen molar-refractivity contribution in [2.24, 2.45) is 0 Å². The molecule has 0 N–H and O–H groups in total. The highest BCUT2D eigenvalue weighted by atomic mass is 32.1. The molecule has 0 spiro atoms. The zero-order chi connectivity index (χ0) is 10.1. The largest absolute Gasteiger partial charge is 0.759 e. The Labute approximate surface area is 87.6 Å². The van der Waals surface area contributed by atoms with Crippen molar-refractivity contribution in [1.82, 2.24) is 4.98 Å². The molecule has 0 aliphatic carbocycles. The molecule has 2 aromatic rings. The molecule has 0 aliphatic rings. The number of aromatic nitrogens is 1. The van der Waals surface area contributed by atoms with Gasteiger partial charge in [0.05, 0.1) is 17.1 Å². The number of hydrogen-bond acceptors (Lipinski definition) is 3. The maximum Gasteiger partial charge on any atom is 0.0991 e. The predicted octanol–water partition coefficient (Wildman–Crippen LogP) is 2.32. The first kappa shape index (κ1) is 8.92. The lowest BCUT2D eigenvalue weighted by atomic mass is 10.1. The Bertz CT molecular complexity index is 541. The predicted molar refractivity (Wildman–Crippen MR) is 56.8 cm³/mol. The van der Waals surface area contributed by atoms with Crippen LogP contribution in [0.1, 0.15) is 11.1 Å². The molecular weight excluding hydrogens is 192 g/mol. The Morgan fingerprint density at radius 1 is 1.36 bits per heavy atom. The van der Waals surface area contributed by atoms with E-state index in [2.05, 4.69) is 4.98 Å². The Morgan fingerprint density at radius 3 is 2.86 bits per heavy atom. The number of rotatable bonds is 0. The lowest BCUT2D eigenvalue weighted by Crippen LogP contribution is -1.88. The normalized spacial score (nSPS) is 10.0. The zero-order valence-electron chi connectivity index (χ0n) is 7.61. The van der Waals surface area contributed by atoms with Gasteiger partial charge < -0.3 is 12.6 Å². The van der Waals surface area contributed by atoms with E-state index in [0.717, 1.165) is 16.5 Å². The van der Waals surface area contributed by atoms with Crippen molar-refractivity contribution in [3.8, 4) is 6.07 Å². The van der Waals surface area contributed by atoms with Crippen LogP contribution in [0.25, 0.3) is 10.9 Å². The molecule has 3 heteroatoms. The second-order valence-electron chi connectivity index (χ2n) is 3.15. The molecule has 0 aliphatic heterocycles. The Balaban J connectivity index is 2.82. The molecule has 1 heterocycles. The van der Waals surface area contributed by atoms with Crippen LogP contribution in [-0.2, 0) is 12.6 Å². The van der Waals surface area contributed by atoms with E-state index in [4.69, 9.17) is 17.9 Å². The molecule has 0 amide bonds. The molecule has 2 rings (SSSR count). The highest BCUT2D eigenvalue weighted by molar-refractivity contribution is 7.58. The Hall–Kier alpha value is -1.66. The van der Waals surface area contributed by atoms with Crippen molar-refractivity contribution in [1.29, 1.82) is 5.26 Å². The molecule has 0 radical (unpaired) electrons. The van der Waals surface area contributed by atoms with Crippen molar-refractivity contribution >= 4 is 23.5 Å². The SMILES string of the molecule is Cc1ccc2nc([S-])c(C#N)cc2c1. The quantitative estimate of drug-likeness (QED) is 0.611. The molecule has 0 unspecified atom stereocenters. The third-order valence-electron chi connectivity index (χ3n) is 2.06. The summed E-state index contributed by atoms with van der Waals surface area (Å²) in [6, 6.07) is 9.73. The summed E-state index contributed by atoms with van der Waals surface area (Å²) in [5.41, 5.74) is 2.47. The van der Waals surface area contributed by atoms with Crippen LogP contribution in [0, 0.1) is 18.3 Å². The lowest BCUT2D eigenvalue weighted by molar-refractivity contribution is 1.17. The number of fused-ring (bicyclic) bond motifs is 1. The molecule has 0 saturated carbocycles. The minimum Gasteiger partial charge on any atom is -0.759 e. The van der Waals surface area contributed by atoms with E-state index in [1.807, 2.05) is 31.2 Å². The Morgan fingerprint density at radius 2 is 2.14 bits per heavy atom. The minimum atomic E-state index is 0.379. The molecule has 0 bridgehead atoms. The number of benzene rings is 1. The summed E-state index contributed by atoms with van der Waals surface area (Å²) in [6.45, 7) is 2.01. The van der Waals surface area contributed by atoms with Crippen LogP contribution in [0.3, 0.4) is 0 Å². The highest BCUT2D eigenvalue weighted by Gasteiger charge is 1.98. The first-order valence-electron chi connectivity index (χ1n) is 4.19. The van der Waals surface area contributed by atoms with Gasteiger partial charge in [0.1, 0.15) is 0 Å². The molecule has 14 heavy (non-hydrogen) atoms. The first-order chi connectivity index (χ1) is 6.70. The average molecular weight is 199 g/mol. The third-order valence-corrected chi connectivity index (χ3v) is 2.37. The Kier molecular flexibility index (Phi) is 2.06. The van der Waals surface area contributed by atoms with Crippen molar-refractivity contribution in [2.45, 2.75) is 11.9 Å². The molecule has 1 aromatic carbocycles. The van der Waals surface area contributed by atoms with E-state index in [0.29, 0.717) is 10.6 Å². The van der Waals surface area contributed by atoms with Crippen molar-refractivity contribution in [3.63, 3.8) is 0 Å². The van der Waals surface area contributed by atoms with Gasteiger partial charge in [0.25, 0.3) is 0 Å². The summed E-state index contributed by atoms with van der Waals surface area (Å²) >= 11 is 4.98. The van der Waals surface area contributed by atoms with Crippen LogP contribution in [-0.4, -0.2) is 4.98 Å². The standard InChI is InChI=1S/C11H8N2S/c1-7-2-3-10-8(4-7)5-9(6-12)11(14)13-10/h2-5H,1H3,(H,13,14)/p-1. The van der Waals surface area contributed by atoms with Gasteiger partial charge in [-0.15, -0.1) is 0 Å². The van der Waals surface area contributed by atoms with Gasteiger partial charge in [-0.1, -0.05) is 16.7 Å². The lowest BCUT2D eigenvalue weighted by Gasteiger charge is -2.08. The van der Waals surface area contributed by atoms with Crippen LogP contribution in [0.5, 0.6) is 0 Å².